The molecule has 0 unspecified atom stereocenters. The van der Waals surface area contributed by atoms with E-state index in [2.05, 4.69) is 28.7 Å². The third-order valence-corrected chi connectivity index (χ3v) is 5.38. The van der Waals surface area contributed by atoms with E-state index in [4.69, 9.17) is 4.74 Å². The summed E-state index contributed by atoms with van der Waals surface area (Å²) in [7, 11) is 1.98. The number of nitrogens with zero attached hydrogens (tertiary/aromatic N) is 4. The van der Waals surface area contributed by atoms with Crippen LogP contribution in [0.5, 0.6) is 0 Å². The van der Waals surface area contributed by atoms with Gasteiger partial charge in [0.25, 0.3) is 0 Å². The summed E-state index contributed by atoms with van der Waals surface area (Å²) >= 11 is 0. The number of aryl methyl sites for hydroxylation is 2. The van der Waals surface area contributed by atoms with Crippen LogP contribution in [0.4, 0.5) is 0 Å². The Balaban J connectivity index is 1.79. The minimum atomic E-state index is -0.0724. The highest BCUT2D eigenvalue weighted by Crippen LogP contribution is 2.36. The highest BCUT2D eigenvalue weighted by molar-refractivity contribution is 5.82. The van der Waals surface area contributed by atoms with Gasteiger partial charge in [-0.2, -0.15) is 5.10 Å². The number of hydrogen-bond acceptors (Lipinski definition) is 4. The van der Waals surface area contributed by atoms with Crippen LogP contribution in [0.25, 0.3) is 0 Å². The van der Waals surface area contributed by atoms with Crippen LogP contribution < -0.4 is 0 Å². The van der Waals surface area contributed by atoms with Crippen molar-refractivity contribution in [2.45, 2.75) is 45.7 Å². The largest absolute Gasteiger partial charge is 0.379 e. The van der Waals surface area contributed by atoms with Gasteiger partial charge in [-0.25, -0.2) is 0 Å². The summed E-state index contributed by atoms with van der Waals surface area (Å²) in [6, 6.07) is 0.108. The monoisotopic (exact) mass is 320 g/mol. The van der Waals surface area contributed by atoms with Gasteiger partial charge in [0.15, 0.2) is 0 Å². The molecule has 2 fully saturated rings. The van der Waals surface area contributed by atoms with Crippen molar-refractivity contribution in [3.05, 3.63) is 17.0 Å². The summed E-state index contributed by atoms with van der Waals surface area (Å²) in [5.41, 5.74) is 3.47. The van der Waals surface area contributed by atoms with Crippen molar-refractivity contribution in [1.29, 1.82) is 0 Å². The molecule has 1 aromatic rings. The Bertz CT molecular complexity index is 577. The first kappa shape index (κ1) is 16.5. The molecule has 1 amide bonds. The normalized spacial score (nSPS) is 24.2. The average Bonchev–Trinajstić information content (AvgIpc) is 3.12. The molecular weight excluding hydrogens is 292 g/mol. The zero-order valence-corrected chi connectivity index (χ0v) is 14.7. The molecule has 0 N–H and O–H groups in total. The average molecular weight is 320 g/mol. The topological polar surface area (TPSA) is 50.6 Å². The Labute approximate surface area is 138 Å². The van der Waals surface area contributed by atoms with E-state index in [9.17, 15) is 4.79 Å². The van der Waals surface area contributed by atoms with Gasteiger partial charge in [0.2, 0.25) is 5.91 Å². The van der Waals surface area contributed by atoms with E-state index in [-0.39, 0.29) is 18.0 Å². The number of hydrogen-bond donors (Lipinski definition) is 0. The predicted molar refractivity (Wildman–Crippen MR) is 88.2 cm³/mol. The maximum absolute atomic E-state index is 13.1. The van der Waals surface area contributed by atoms with Crippen molar-refractivity contribution in [2.24, 2.45) is 7.05 Å². The number of amides is 1. The van der Waals surface area contributed by atoms with Gasteiger partial charge in [-0.3, -0.25) is 14.4 Å². The Kier molecular flexibility index (Phi) is 4.73. The van der Waals surface area contributed by atoms with Crippen LogP contribution in [0, 0.1) is 13.8 Å². The molecule has 0 spiro atoms. The van der Waals surface area contributed by atoms with E-state index >= 15 is 0 Å². The molecule has 0 radical (unpaired) electrons. The van der Waals surface area contributed by atoms with Crippen molar-refractivity contribution in [2.75, 3.05) is 32.8 Å². The molecule has 0 saturated carbocycles. The first-order valence-electron chi connectivity index (χ1n) is 8.63. The number of carbonyl (C=O) groups is 1. The highest BCUT2D eigenvalue weighted by Gasteiger charge is 2.37. The number of morpholine rings is 1. The van der Waals surface area contributed by atoms with Crippen molar-refractivity contribution in [3.8, 4) is 0 Å². The quantitative estimate of drug-likeness (QED) is 0.845. The van der Waals surface area contributed by atoms with Crippen LogP contribution in [0.1, 0.15) is 42.8 Å². The predicted octanol–water partition coefficient (Wildman–Crippen LogP) is 1.42. The Morgan fingerprint density at radius 2 is 1.96 bits per heavy atom. The van der Waals surface area contributed by atoms with E-state index < -0.39 is 0 Å². The maximum atomic E-state index is 13.1. The third kappa shape index (κ3) is 3.02. The lowest BCUT2D eigenvalue weighted by Crippen LogP contribution is -2.50. The summed E-state index contributed by atoms with van der Waals surface area (Å²) in [4.78, 5) is 17.4. The highest BCUT2D eigenvalue weighted by atomic mass is 16.5. The summed E-state index contributed by atoms with van der Waals surface area (Å²) in [6.45, 7) is 10.2. The molecule has 6 heteroatoms. The Morgan fingerprint density at radius 3 is 2.57 bits per heavy atom. The van der Waals surface area contributed by atoms with Crippen LogP contribution in [-0.2, 0) is 16.6 Å². The molecule has 3 heterocycles. The Morgan fingerprint density at radius 1 is 1.26 bits per heavy atom. The van der Waals surface area contributed by atoms with Gasteiger partial charge in [0.05, 0.1) is 31.0 Å². The van der Waals surface area contributed by atoms with Gasteiger partial charge in [-0.05, 0) is 33.6 Å². The van der Waals surface area contributed by atoms with Gasteiger partial charge in [0, 0.05) is 37.9 Å². The molecule has 2 atom stereocenters. The molecule has 1 aromatic heterocycles. The van der Waals surface area contributed by atoms with E-state index in [1.54, 1.807) is 0 Å². The lowest BCUT2D eigenvalue weighted by molar-refractivity contribution is -0.139. The van der Waals surface area contributed by atoms with Crippen LogP contribution in [-0.4, -0.2) is 64.4 Å². The molecule has 0 aromatic carbocycles. The molecular formula is C17H28N4O2. The summed E-state index contributed by atoms with van der Waals surface area (Å²) in [5.74, 6) is 0.247. The summed E-state index contributed by atoms with van der Waals surface area (Å²) in [5, 5.41) is 4.54. The second kappa shape index (κ2) is 6.61. The maximum Gasteiger partial charge on any atom is 0.240 e. The number of ether oxygens (including phenoxy) is 1. The van der Waals surface area contributed by atoms with Gasteiger partial charge < -0.3 is 9.64 Å². The SMILES string of the molecule is Cc1nn(C)c(C)c1[C@@H]1CCCN1C(=O)[C@@H](C)N1CCOCC1. The zero-order valence-electron chi connectivity index (χ0n) is 14.7. The molecule has 0 aliphatic carbocycles. The molecule has 128 valence electrons. The fraction of sp³-hybridized carbons (Fsp3) is 0.765. The summed E-state index contributed by atoms with van der Waals surface area (Å²) < 4.78 is 7.33. The van der Waals surface area contributed by atoms with E-state index in [1.807, 2.05) is 18.7 Å². The van der Waals surface area contributed by atoms with Gasteiger partial charge in [-0.1, -0.05) is 0 Å². The minimum Gasteiger partial charge on any atom is -0.379 e. The van der Waals surface area contributed by atoms with E-state index in [0.717, 1.165) is 51.4 Å². The molecule has 0 bridgehead atoms. The second-order valence-corrected chi connectivity index (χ2v) is 6.72. The lowest BCUT2D eigenvalue weighted by Gasteiger charge is -2.35. The second-order valence-electron chi connectivity index (χ2n) is 6.72. The molecule has 3 rings (SSSR count). The number of rotatable bonds is 3. The Hall–Kier alpha value is -1.40. The number of likely N-dealkylation sites (tertiary alicyclic amines) is 1. The molecule has 23 heavy (non-hydrogen) atoms. The van der Waals surface area contributed by atoms with Gasteiger partial charge in [0.1, 0.15) is 0 Å². The zero-order chi connectivity index (χ0) is 16.6. The smallest absolute Gasteiger partial charge is 0.240 e. The molecule has 2 aliphatic heterocycles. The van der Waals surface area contributed by atoms with E-state index in [0.29, 0.717) is 0 Å². The van der Waals surface area contributed by atoms with Crippen LogP contribution in [0.2, 0.25) is 0 Å². The molecule has 6 nitrogen and oxygen atoms in total. The molecule has 2 aliphatic rings. The summed E-state index contributed by atoms with van der Waals surface area (Å²) in [6.07, 6.45) is 2.11. The van der Waals surface area contributed by atoms with Crippen LogP contribution in [0.3, 0.4) is 0 Å². The molecule has 2 saturated heterocycles. The number of aromatic nitrogens is 2. The van der Waals surface area contributed by atoms with Crippen molar-refractivity contribution < 1.29 is 9.53 Å². The third-order valence-electron chi connectivity index (χ3n) is 5.38. The van der Waals surface area contributed by atoms with Crippen molar-refractivity contribution in [1.82, 2.24) is 19.6 Å². The first-order chi connectivity index (χ1) is 11.0. The first-order valence-corrected chi connectivity index (χ1v) is 8.63. The van der Waals surface area contributed by atoms with Gasteiger partial charge in [-0.15, -0.1) is 0 Å². The fourth-order valence-electron chi connectivity index (χ4n) is 3.96. The number of carbonyl (C=O) groups excluding carboxylic acids is 1. The van der Waals surface area contributed by atoms with Crippen LogP contribution >= 0.6 is 0 Å². The lowest BCUT2D eigenvalue weighted by atomic mass is 10.0. The van der Waals surface area contributed by atoms with Crippen molar-refractivity contribution in [3.63, 3.8) is 0 Å². The standard InChI is InChI=1S/C17H28N4O2/c1-12-16(13(2)19(4)18-12)15-6-5-7-21(15)17(22)14(3)20-8-10-23-11-9-20/h14-15H,5-11H2,1-4H3/t14-,15+/m1/s1. The van der Waals surface area contributed by atoms with Gasteiger partial charge >= 0.3 is 0 Å². The fourth-order valence-corrected chi connectivity index (χ4v) is 3.96. The van der Waals surface area contributed by atoms with E-state index in [1.165, 1.54) is 11.3 Å². The minimum absolute atomic E-state index is 0.0724. The van der Waals surface area contributed by atoms with Crippen LogP contribution in [0.15, 0.2) is 0 Å². The van der Waals surface area contributed by atoms with Crippen molar-refractivity contribution >= 4 is 5.91 Å².